The van der Waals surface area contributed by atoms with Crippen LogP contribution in [0.3, 0.4) is 0 Å². The molecule has 1 unspecified atom stereocenters. The Morgan fingerprint density at radius 1 is 1.40 bits per heavy atom. The maximum absolute atomic E-state index is 11.3. The molecular formula is C10H18N2O3. The molecule has 0 aromatic heterocycles. The van der Waals surface area contributed by atoms with Crippen molar-refractivity contribution in [2.24, 2.45) is 5.18 Å². The lowest BCUT2D eigenvalue weighted by Gasteiger charge is -2.27. The quantitative estimate of drug-likeness (QED) is 0.509. The Hall–Kier alpha value is -0.970. The number of hydrogen-bond donors (Lipinski definition) is 0. The predicted molar refractivity (Wildman–Crippen MR) is 56.5 cm³/mol. The van der Waals surface area contributed by atoms with E-state index in [0.29, 0.717) is 13.2 Å². The number of piperidine rings is 1. The van der Waals surface area contributed by atoms with Gasteiger partial charge < -0.3 is 9.64 Å². The maximum Gasteiger partial charge on any atom is 0.335 e. The highest BCUT2D eigenvalue weighted by Gasteiger charge is 2.24. The van der Waals surface area contributed by atoms with E-state index in [1.165, 1.54) is 6.42 Å². The zero-order valence-electron chi connectivity index (χ0n) is 9.15. The van der Waals surface area contributed by atoms with Crippen molar-refractivity contribution in [3.8, 4) is 0 Å². The van der Waals surface area contributed by atoms with E-state index >= 15 is 0 Å². The summed E-state index contributed by atoms with van der Waals surface area (Å²) in [5.74, 6) is -0.502. The molecule has 1 rings (SSSR count). The maximum atomic E-state index is 11.3. The molecule has 15 heavy (non-hydrogen) atoms. The van der Waals surface area contributed by atoms with Crippen molar-refractivity contribution in [3.05, 3.63) is 4.91 Å². The van der Waals surface area contributed by atoms with Crippen LogP contribution in [-0.2, 0) is 9.53 Å². The first-order valence-corrected chi connectivity index (χ1v) is 5.49. The smallest absolute Gasteiger partial charge is 0.335 e. The van der Waals surface area contributed by atoms with E-state index in [2.05, 4.69) is 10.1 Å². The lowest BCUT2D eigenvalue weighted by atomic mass is 10.1. The monoisotopic (exact) mass is 214 g/mol. The highest BCUT2D eigenvalue weighted by molar-refractivity contribution is 5.76. The van der Waals surface area contributed by atoms with E-state index in [9.17, 15) is 9.70 Å². The second kappa shape index (κ2) is 6.50. The predicted octanol–water partition coefficient (Wildman–Crippen LogP) is 1.17. The van der Waals surface area contributed by atoms with Crippen molar-refractivity contribution in [2.45, 2.75) is 32.2 Å². The highest BCUT2D eigenvalue weighted by atomic mass is 16.5. The second-order valence-corrected chi connectivity index (χ2v) is 3.73. The molecule has 0 aliphatic carbocycles. The number of carbonyl (C=O) groups is 1. The van der Waals surface area contributed by atoms with Crippen LogP contribution in [0.2, 0.25) is 0 Å². The van der Waals surface area contributed by atoms with Gasteiger partial charge in [0.05, 0.1) is 6.61 Å². The average molecular weight is 214 g/mol. The van der Waals surface area contributed by atoms with Gasteiger partial charge in [-0.1, -0.05) is 11.6 Å². The van der Waals surface area contributed by atoms with E-state index in [-0.39, 0.29) is 0 Å². The van der Waals surface area contributed by atoms with Crippen LogP contribution in [0.15, 0.2) is 5.18 Å². The molecule has 86 valence electrons. The molecule has 0 bridgehead atoms. The van der Waals surface area contributed by atoms with Gasteiger partial charge in [0.25, 0.3) is 0 Å². The molecule has 0 N–H and O–H groups in total. The van der Waals surface area contributed by atoms with E-state index in [4.69, 9.17) is 4.74 Å². The van der Waals surface area contributed by atoms with Crippen LogP contribution in [0.1, 0.15) is 26.2 Å². The molecule has 0 radical (unpaired) electrons. The highest BCUT2D eigenvalue weighted by Crippen LogP contribution is 2.10. The van der Waals surface area contributed by atoms with Gasteiger partial charge in [0.15, 0.2) is 0 Å². The van der Waals surface area contributed by atoms with E-state index < -0.39 is 12.0 Å². The molecule has 0 aromatic carbocycles. The Morgan fingerprint density at radius 3 is 2.60 bits per heavy atom. The SMILES string of the molecule is CCOC(=O)C(CN1CCCCC1)N=O. The van der Waals surface area contributed by atoms with Gasteiger partial charge in [0, 0.05) is 6.54 Å². The second-order valence-electron chi connectivity index (χ2n) is 3.73. The summed E-state index contributed by atoms with van der Waals surface area (Å²) in [6.07, 6.45) is 3.50. The van der Waals surface area contributed by atoms with Crippen molar-refractivity contribution in [2.75, 3.05) is 26.2 Å². The van der Waals surface area contributed by atoms with Crippen LogP contribution in [0.4, 0.5) is 0 Å². The van der Waals surface area contributed by atoms with Crippen molar-refractivity contribution in [1.29, 1.82) is 0 Å². The Balaban J connectivity index is 2.37. The normalized spacial score (nSPS) is 19.5. The summed E-state index contributed by atoms with van der Waals surface area (Å²) >= 11 is 0. The molecule has 0 aromatic rings. The first-order chi connectivity index (χ1) is 7.27. The molecular weight excluding hydrogens is 196 g/mol. The molecule has 1 atom stereocenters. The first-order valence-electron chi connectivity index (χ1n) is 5.49. The zero-order chi connectivity index (χ0) is 11.1. The minimum absolute atomic E-state index is 0.296. The third-order valence-corrected chi connectivity index (χ3v) is 2.57. The number of likely N-dealkylation sites (tertiary alicyclic amines) is 1. The van der Waals surface area contributed by atoms with Crippen LogP contribution >= 0.6 is 0 Å². The van der Waals surface area contributed by atoms with Crippen molar-refractivity contribution in [3.63, 3.8) is 0 Å². The lowest BCUT2D eigenvalue weighted by Crippen LogP contribution is -2.39. The number of rotatable bonds is 5. The third-order valence-electron chi connectivity index (χ3n) is 2.57. The third kappa shape index (κ3) is 3.95. The van der Waals surface area contributed by atoms with Crippen molar-refractivity contribution >= 4 is 5.97 Å². The van der Waals surface area contributed by atoms with E-state index in [1.807, 2.05) is 0 Å². The number of nitrogens with zero attached hydrogens (tertiary/aromatic N) is 2. The van der Waals surface area contributed by atoms with Gasteiger partial charge >= 0.3 is 5.97 Å². The molecule has 0 amide bonds. The number of hydrogen-bond acceptors (Lipinski definition) is 5. The molecule has 0 spiro atoms. The fourth-order valence-electron chi connectivity index (χ4n) is 1.78. The Labute approximate surface area is 89.7 Å². The van der Waals surface area contributed by atoms with Crippen LogP contribution in [0.25, 0.3) is 0 Å². The summed E-state index contributed by atoms with van der Waals surface area (Å²) in [5, 5.41) is 2.83. The first kappa shape index (κ1) is 12.1. The molecule has 1 heterocycles. The van der Waals surface area contributed by atoms with Crippen LogP contribution in [0, 0.1) is 4.91 Å². The summed E-state index contributed by atoms with van der Waals surface area (Å²) in [7, 11) is 0. The molecule has 1 aliphatic rings. The van der Waals surface area contributed by atoms with Gasteiger partial charge in [-0.2, -0.15) is 0 Å². The van der Waals surface area contributed by atoms with Gasteiger partial charge in [0.2, 0.25) is 6.04 Å². The Bertz CT molecular complexity index is 215. The van der Waals surface area contributed by atoms with Gasteiger partial charge in [-0.15, -0.1) is 4.91 Å². The number of esters is 1. The van der Waals surface area contributed by atoms with Crippen molar-refractivity contribution < 1.29 is 9.53 Å². The zero-order valence-corrected chi connectivity index (χ0v) is 9.15. The molecule has 5 nitrogen and oxygen atoms in total. The van der Waals surface area contributed by atoms with Crippen LogP contribution in [-0.4, -0.2) is 43.2 Å². The minimum Gasteiger partial charge on any atom is -0.464 e. The topological polar surface area (TPSA) is 59.0 Å². The minimum atomic E-state index is -0.858. The Kier molecular flexibility index (Phi) is 5.25. The molecule has 0 saturated carbocycles. The van der Waals surface area contributed by atoms with Crippen molar-refractivity contribution in [1.82, 2.24) is 4.90 Å². The summed E-state index contributed by atoms with van der Waals surface area (Å²) < 4.78 is 4.78. The van der Waals surface area contributed by atoms with Gasteiger partial charge in [0.1, 0.15) is 0 Å². The molecule has 5 heteroatoms. The fraction of sp³-hybridized carbons (Fsp3) is 0.900. The van der Waals surface area contributed by atoms with E-state index in [0.717, 1.165) is 25.9 Å². The van der Waals surface area contributed by atoms with Gasteiger partial charge in [-0.3, -0.25) is 0 Å². The summed E-state index contributed by atoms with van der Waals surface area (Å²) in [6, 6.07) is -0.858. The average Bonchev–Trinajstić information content (AvgIpc) is 2.27. The molecule has 1 fully saturated rings. The largest absolute Gasteiger partial charge is 0.464 e. The summed E-state index contributed by atoms with van der Waals surface area (Å²) in [4.78, 5) is 23.9. The van der Waals surface area contributed by atoms with E-state index in [1.54, 1.807) is 6.92 Å². The van der Waals surface area contributed by atoms with Crippen LogP contribution in [0.5, 0.6) is 0 Å². The Morgan fingerprint density at radius 2 is 2.07 bits per heavy atom. The standard InChI is InChI=1S/C10H18N2O3/c1-2-15-10(13)9(11-14)8-12-6-4-3-5-7-12/h9H,2-8H2,1H3. The number of nitroso groups, excluding NO2 is 1. The number of carbonyl (C=O) groups excluding carboxylic acids is 1. The fourth-order valence-corrected chi connectivity index (χ4v) is 1.78. The van der Waals surface area contributed by atoms with Crippen LogP contribution < -0.4 is 0 Å². The van der Waals surface area contributed by atoms with Gasteiger partial charge in [-0.05, 0) is 32.9 Å². The summed E-state index contributed by atoms with van der Waals surface area (Å²) in [6.45, 7) is 4.32. The molecule has 1 aliphatic heterocycles. The summed E-state index contributed by atoms with van der Waals surface area (Å²) in [5.41, 5.74) is 0. The van der Waals surface area contributed by atoms with Gasteiger partial charge in [-0.25, -0.2) is 4.79 Å². The lowest BCUT2D eigenvalue weighted by molar-refractivity contribution is -0.145. The molecule has 1 saturated heterocycles. The number of ether oxygens (including phenoxy) is 1.